The number of halogens is 3. The Hall–Kier alpha value is -1.11. The lowest BCUT2D eigenvalue weighted by molar-refractivity contribution is -0.125. The van der Waals surface area contributed by atoms with Crippen molar-refractivity contribution in [2.75, 3.05) is 6.54 Å². The lowest BCUT2D eigenvalue weighted by Gasteiger charge is -2.15. The molecule has 1 aliphatic heterocycles. The van der Waals surface area contributed by atoms with Gasteiger partial charge in [0.25, 0.3) is 0 Å². The van der Waals surface area contributed by atoms with Crippen molar-refractivity contribution in [3.8, 4) is 0 Å². The van der Waals surface area contributed by atoms with E-state index >= 15 is 0 Å². The van der Waals surface area contributed by atoms with E-state index in [0.29, 0.717) is 5.82 Å². The number of nitrogens with zero attached hydrogens (tertiary/aromatic N) is 3. The van der Waals surface area contributed by atoms with Crippen LogP contribution < -0.4 is 5.32 Å². The Bertz CT molecular complexity index is 358. The summed E-state index contributed by atoms with van der Waals surface area (Å²) in [4.78, 5) is 0. The smallest absolute Gasteiger partial charge is 0.314 e. The predicted octanol–water partition coefficient (Wildman–Crippen LogP) is 1.27. The third-order valence-electron chi connectivity index (χ3n) is 2.54. The maximum absolute atomic E-state index is 11.9. The van der Waals surface area contributed by atoms with Crippen LogP contribution in [0.25, 0.3) is 0 Å². The molecule has 4 nitrogen and oxygen atoms in total. The summed E-state index contributed by atoms with van der Waals surface area (Å²) in [5, 5.41) is 10.2. The highest BCUT2D eigenvalue weighted by atomic mass is 19.4. The quantitative estimate of drug-likeness (QED) is 0.856. The van der Waals surface area contributed by atoms with Crippen LogP contribution >= 0.6 is 0 Å². The molecule has 90 valence electrons. The molecule has 0 radical (unpaired) electrons. The van der Waals surface area contributed by atoms with E-state index < -0.39 is 12.7 Å². The fourth-order valence-corrected chi connectivity index (χ4v) is 1.82. The summed E-state index contributed by atoms with van der Waals surface area (Å²) in [5.41, 5.74) is 0. The van der Waals surface area contributed by atoms with Crippen LogP contribution in [-0.2, 0) is 19.5 Å². The van der Waals surface area contributed by atoms with Gasteiger partial charge in [0, 0.05) is 13.0 Å². The van der Waals surface area contributed by atoms with E-state index in [9.17, 15) is 13.2 Å². The Labute approximate surface area is 90.9 Å². The van der Waals surface area contributed by atoms with Crippen LogP contribution in [0.3, 0.4) is 0 Å². The molecule has 0 aromatic carbocycles. The molecule has 1 aromatic rings. The highest BCUT2D eigenvalue weighted by Crippen LogP contribution is 2.15. The molecule has 0 saturated carbocycles. The average molecular weight is 234 g/mol. The van der Waals surface area contributed by atoms with Crippen LogP contribution in [0.4, 0.5) is 13.2 Å². The Morgan fingerprint density at radius 2 is 2.06 bits per heavy atom. The molecule has 2 rings (SSSR count). The van der Waals surface area contributed by atoms with Crippen molar-refractivity contribution >= 4 is 0 Å². The normalized spacial score (nSPS) is 16.2. The number of aromatic nitrogens is 3. The first-order chi connectivity index (χ1) is 7.56. The maximum Gasteiger partial charge on any atom is 0.401 e. The standard InChI is InChI=1S/C9H13F3N4/c10-9(11,12)6-13-5-8-15-14-7-3-1-2-4-16(7)8/h13H,1-6H2. The SMILES string of the molecule is FC(F)(F)CNCc1nnc2n1CCCC2. The highest BCUT2D eigenvalue weighted by molar-refractivity contribution is 4.98. The van der Waals surface area contributed by atoms with Crippen molar-refractivity contribution in [3.05, 3.63) is 11.6 Å². The molecule has 0 fully saturated rings. The van der Waals surface area contributed by atoms with Crippen molar-refractivity contribution in [3.63, 3.8) is 0 Å². The zero-order valence-electron chi connectivity index (χ0n) is 8.72. The fraction of sp³-hybridized carbons (Fsp3) is 0.778. The van der Waals surface area contributed by atoms with E-state index in [1.807, 2.05) is 4.57 Å². The van der Waals surface area contributed by atoms with Gasteiger partial charge >= 0.3 is 6.18 Å². The van der Waals surface area contributed by atoms with Crippen LogP contribution in [0.5, 0.6) is 0 Å². The van der Waals surface area contributed by atoms with Gasteiger partial charge in [-0.15, -0.1) is 10.2 Å². The molecule has 2 heterocycles. The fourth-order valence-electron chi connectivity index (χ4n) is 1.82. The number of fused-ring (bicyclic) bond motifs is 1. The molecule has 1 aliphatic rings. The third kappa shape index (κ3) is 2.72. The van der Waals surface area contributed by atoms with Crippen LogP contribution in [-0.4, -0.2) is 27.5 Å². The van der Waals surface area contributed by atoms with Crippen LogP contribution in [0.2, 0.25) is 0 Å². The average Bonchev–Trinajstić information content (AvgIpc) is 2.60. The minimum atomic E-state index is -4.18. The molecule has 1 aromatic heterocycles. The molecular weight excluding hydrogens is 221 g/mol. The number of alkyl halides is 3. The van der Waals surface area contributed by atoms with Gasteiger partial charge in [0.05, 0.1) is 13.1 Å². The third-order valence-corrected chi connectivity index (χ3v) is 2.54. The van der Waals surface area contributed by atoms with Crippen LogP contribution in [0.15, 0.2) is 0 Å². The van der Waals surface area contributed by atoms with Crippen LogP contribution in [0.1, 0.15) is 24.5 Å². The van der Waals surface area contributed by atoms with Gasteiger partial charge < -0.3 is 9.88 Å². The van der Waals surface area contributed by atoms with E-state index in [1.54, 1.807) is 0 Å². The van der Waals surface area contributed by atoms with Crippen molar-refractivity contribution in [1.29, 1.82) is 0 Å². The second-order valence-electron chi connectivity index (χ2n) is 3.86. The van der Waals surface area contributed by atoms with E-state index in [-0.39, 0.29) is 6.54 Å². The molecule has 0 atom stereocenters. The van der Waals surface area contributed by atoms with Crippen molar-refractivity contribution < 1.29 is 13.2 Å². The van der Waals surface area contributed by atoms with Gasteiger partial charge in [0.15, 0.2) is 0 Å². The van der Waals surface area contributed by atoms with E-state index in [4.69, 9.17) is 0 Å². The molecule has 0 unspecified atom stereocenters. The zero-order valence-corrected chi connectivity index (χ0v) is 8.72. The van der Waals surface area contributed by atoms with E-state index in [2.05, 4.69) is 15.5 Å². The Morgan fingerprint density at radius 1 is 1.25 bits per heavy atom. The minimum absolute atomic E-state index is 0.118. The number of hydrogen-bond acceptors (Lipinski definition) is 3. The van der Waals surface area contributed by atoms with Crippen molar-refractivity contribution in [1.82, 2.24) is 20.1 Å². The topological polar surface area (TPSA) is 42.7 Å². The van der Waals surface area contributed by atoms with Gasteiger partial charge in [0.2, 0.25) is 0 Å². The lowest BCUT2D eigenvalue weighted by Crippen LogP contribution is -2.29. The summed E-state index contributed by atoms with van der Waals surface area (Å²) in [5.74, 6) is 1.48. The molecule has 16 heavy (non-hydrogen) atoms. The van der Waals surface area contributed by atoms with E-state index in [0.717, 1.165) is 31.6 Å². The number of hydrogen-bond donors (Lipinski definition) is 1. The molecular formula is C9H13F3N4. The maximum atomic E-state index is 11.9. The van der Waals surface area contributed by atoms with Gasteiger partial charge in [-0.3, -0.25) is 0 Å². The summed E-state index contributed by atoms with van der Waals surface area (Å²) >= 11 is 0. The van der Waals surface area contributed by atoms with Crippen molar-refractivity contribution in [2.45, 2.75) is 38.5 Å². The molecule has 0 spiro atoms. The largest absolute Gasteiger partial charge is 0.401 e. The zero-order chi connectivity index (χ0) is 11.6. The summed E-state index contributed by atoms with van der Waals surface area (Å²) in [7, 11) is 0. The van der Waals surface area contributed by atoms with E-state index in [1.165, 1.54) is 0 Å². The van der Waals surface area contributed by atoms with Gasteiger partial charge in [-0.1, -0.05) is 0 Å². The molecule has 0 amide bonds. The number of rotatable bonds is 3. The molecule has 0 aliphatic carbocycles. The summed E-state index contributed by atoms with van der Waals surface area (Å²) in [6, 6.07) is 0. The second-order valence-corrected chi connectivity index (χ2v) is 3.86. The Kier molecular flexibility index (Phi) is 3.13. The predicted molar refractivity (Wildman–Crippen MR) is 50.7 cm³/mol. The second kappa shape index (κ2) is 4.40. The molecule has 7 heteroatoms. The van der Waals surface area contributed by atoms with Gasteiger partial charge in [-0.05, 0) is 12.8 Å². The Balaban J connectivity index is 1.92. The van der Waals surface area contributed by atoms with Crippen molar-refractivity contribution in [2.24, 2.45) is 0 Å². The first kappa shape index (κ1) is 11.4. The Morgan fingerprint density at radius 3 is 2.81 bits per heavy atom. The van der Waals surface area contributed by atoms with Gasteiger partial charge in [0.1, 0.15) is 11.6 Å². The number of nitrogens with one attached hydrogen (secondary N) is 1. The lowest BCUT2D eigenvalue weighted by atomic mass is 10.2. The van der Waals surface area contributed by atoms with Crippen LogP contribution in [0, 0.1) is 0 Å². The summed E-state index contributed by atoms with van der Waals surface area (Å²) in [6.07, 6.45) is -1.19. The minimum Gasteiger partial charge on any atom is -0.314 e. The molecule has 1 N–H and O–H groups in total. The monoisotopic (exact) mass is 234 g/mol. The first-order valence-corrected chi connectivity index (χ1v) is 5.25. The first-order valence-electron chi connectivity index (χ1n) is 5.25. The van der Waals surface area contributed by atoms with Gasteiger partial charge in [-0.2, -0.15) is 13.2 Å². The highest BCUT2D eigenvalue weighted by Gasteiger charge is 2.26. The molecule has 0 saturated heterocycles. The summed E-state index contributed by atoms with van der Waals surface area (Å²) in [6.45, 7) is -0.0624. The number of aryl methyl sites for hydroxylation is 1. The summed E-state index contributed by atoms with van der Waals surface area (Å²) < 4.78 is 37.7. The molecule has 0 bridgehead atoms. The van der Waals surface area contributed by atoms with Gasteiger partial charge in [-0.25, -0.2) is 0 Å².